The molecule has 1 saturated heterocycles. The van der Waals surface area contributed by atoms with E-state index in [2.05, 4.69) is 5.32 Å². The molecule has 0 bridgehead atoms. The van der Waals surface area contributed by atoms with E-state index in [-0.39, 0.29) is 23.6 Å². The molecule has 0 unspecified atom stereocenters. The van der Waals surface area contributed by atoms with Crippen LogP contribution in [0.1, 0.15) is 44.1 Å². The number of likely N-dealkylation sites (tertiary alicyclic amines) is 1. The molecule has 0 spiro atoms. The van der Waals surface area contributed by atoms with Crippen molar-refractivity contribution in [1.29, 1.82) is 0 Å². The third-order valence-electron chi connectivity index (χ3n) is 5.25. The first-order valence-corrected chi connectivity index (χ1v) is 10.2. The smallest absolute Gasteiger partial charge is 0.246 e. The Balaban J connectivity index is 1.29. The van der Waals surface area contributed by atoms with Crippen molar-refractivity contribution in [2.24, 2.45) is 0 Å². The van der Waals surface area contributed by atoms with Gasteiger partial charge in [-0.1, -0.05) is 24.6 Å². The molecule has 7 heteroatoms. The number of amides is 4. The van der Waals surface area contributed by atoms with Gasteiger partial charge in [0, 0.05) is 50.7 Å². The Morgan fingerprint density at radius 1 is 1.00 bits per heavy atom. The maximum atomic E-state index is 12.1. The molecule has 154 valence electrons. The normalized spacial score (nSPS) is 15.6. The van der Waals surface area contributed by atoms with E-state index in [1.165, 1.54) is 4.90 Å². The second-order valence-corrected chi connectivity index (χ2v) is 7.43. The van der Waals surface area contributed by atoms with Crippen molar-refractivity contribution in [3.63, 3.8) is 0 Å². The Morgan fingerprint density at radius 3 is 2.41 bits per heavy atom. The predicted octanol–water partition coefficient (Wildman–Crippen LogP) is 2.28. The monoisotopic (exact) mass is 397 g/mol. The van der Waals surface area contributed by atoms with Gasteiger partial charge in [0.25, 0.3) is 0 Å². The summed E-state index contributed by atoms with van der Waals surface area (Å²) < 4.78 is 0. The first-order valence-electron chi connectivity index (χ1n) is 10.2. The van der Waals surface area contributed by atoms with E-state index in [1.54, 1.807) is 11.0 Å². The highest BCUT2D eigenvalue weighted by Gasteiger charge is 2.29. The molecule has 2 heterocycles. The molecule has 1 N–H and O–H groups in total. The lowest BCUT2D eigenvalue weighted by Crippen LogP contribution is -2.47. The number of nitrogens with zero attached hydrogens (tertiary/aromatic N) is 2. The number of imide groups is 1. The molecule has 0 radical (unpaired) electrons. The van der Waals surface area contributed by atoms with Crippen LogP contribution in [0.25, 0.3) is 0 Å². The van der Waals surface area contributed by atoms with E-state index in [9.17, 15) is 19.2 Å². The quantitative estimate of drug-likeness (QED) is 0.485. The topological polar surface area (TPSA) is 86.8 Å². The van der Waals surface area contributed by atoms with Crippen LogP contribution in [-0.4, -0.2) is 53.1 Å². The van der Waals surface area contributed by atoms with Crippen LogP contribution in [-0.2, 0) is 25.6 Å². The molecule has 3 rings (SSSR count). The third-order valence-corrected chi connectivity index (χ3v) is 5.25. The number of nitrogens with one attached hydrogen (secondary N) is 1. The first-order chi connectivity index (χ1) is 14.0. The number of aryl methyl sites for hydroxylation is 1. The van der Waals surface area contributed by atoms with Crippen molar-refractivity contribution in [1.82, 2.24) is 9.80 Å². The zero-order valence-electron chi connectivity index (χ0n) is 16.6. The van der Waals surface area contributed by atoms with E-state index in [0.717, 1.165) is 37.1 Å². The molecule has 2 aliphatic rings. The van der Waals surface area contributed by atoms with Crippen LogP contribution in [0, 0.1) is 0 Å². The van der Waals surface area contributed by atoms with E-state index in [1.807, 2.05) is 30.3 Å². The van der Waals surface area contributed by atoms with Gasteiger partial charge in [0.1, 0.15) is 0 Å². The van der Waals surface area contributed by atoms with E-state index < -0.39 is 0 Å². The second kappa shape index (κ2) is 10.0. The zero-order valence-corrected chi connectivity index (χ0v) is 16.6. The van der Waals surface area contributed by atoms with Crippen LogP contribution in [0.15, 0.2) is 36.4 Å². The highest BCUT2D eigenvalue weighted by molar-refractivity contribution is 5.99. The van der Waals surface area contributed by atoms with E-state index in [4.69, 9.17) is 0 Å². The van der Waals surface area contributed by atoms with Gasteiger partial charge in [0.05, 0.1) is 0 Å². The molecule has 7 nitrogen and oxygen atoms in total. The number of unbranched alkanes of at least 4 members (excludes halogenated alkanes) is 2. The van der Waals surface area contributed by atoms with Gasteiger partial charge in [-0.25, -0.2) is 0 Å². The van der Waals surface area contributed by atoms with Crippen LogP contribution in [0.2, 0.25) is 0 Å². The fourth-order valence-electron chi connectivity index (χ4n) is 3.39. The SMILES string of the molecule is O=C(CCCCCN1CC=CC1=O)Nc1ccc(CCC(=O)N2CCC2=O)cc1. The number of hydrogen-bond acceptors (Lipinski definition) is 4. The Kier molecular flexibility index (Phi) is 7.16. The van der Waals surface area contributed by atoms with Crippen LogP contribution in [0.5, 0.6) is 0 Å². The summed E-state index contributed by atoms with van der Waals surface area (Å²) in [5, 5.41) is 2.88. The summed E-state index contributed by atoms with van der Waals surface area (Å²) in [6, 6.07) is 7.45. The van der Waals surface area contributed by atoms with Crippen molar-refractivity contribution >= 4 is 29.3 Å². The Morgan fingerprint density at radius 2 is 1.79 bits per heavy atom. The summed E-state index contributed by atoms with van der Waals surface area (Å²) in [4.78, 5) is 49.8. The van der Waals surface area contributed by atoms with Gasteiger partial charge in [-0.15, -0.1) is 0 Å². The molecule has 1 aromatic rings. The molecule has 0 saturated carbocycles. The molecule has 29 heavy (non-hydrogen) atoms. The minimum Gasteiger partial charge on any atom is -0.335 e. The van der Waals surface area contributed by atoms with Crippen LogP contribution < -0.4 is 5.32 Å². The number of rotatable bonds is 10. The van der Waals surface area contributed by atoms with Gasteiger partial charge in [0.15, 0.2) is 0 Å². The average molecular weight is 397 g/mol. The maximum absolute atomic E-state index is 12.1. The van der Waals surface area contributed by atoms with Crippen LogP contribution >= 0.6 is 0 Å². The number of carbonyl (C=O) groups excluding carboxylic acids is 4. The molecule has 2 aliphatic heterocycles. The maximum Gasteiger partial charge on any atom is 0.246 e. The van der Waals surface area contributed by atoms with Gasteiger partial charge in [-0.2, -0.15) is 0 Å². The van der Waals surface area contributed by atoms with Crippen molar-refractivity contribution < 1.29 is 19.2 Å². The molecule has 0 aromatic heterocycles. The Hall–Kier alpha value is -2.96. The van der Waals surface area contributed by atoms with Gasteiger partial charge >= 0.3 is 0 Å². The highest BCUT2D eigenvalue weighted by atomic mass is 16.2. The fraction of sp³-hybridized carbons (Fsp3) is 0.455. The second-order valence-electron chi connectivity index (χ2n) is 7.43. The molecular formula is C22H27N3O4. The van der Waals surface area contributed by atoms with Gasteiger partial charge in [0.2, 0.25) is 23.6 Å². The molecule has 0 aliphatic carbocycles. The Bertz CT molecular complexity index is 801. The zero-order chi connectivity index (χ0) is 20.6. The van der Waals surface area contributed by atoms with Crippen molar-refractivity contribution in [3.8, 4) is 0 Å². The Labute approximate surface area is 170 Å². The number of benzene rings is 1. The predicted molar refractivity (Wildman–Crippen MR) is 109 cm³/mol. The summed E-state index contributed by atoms with van der Waals surface area (Å²) in [6.07, 6.45) is 7.87. The largest absolute Gasteiger partial charge is 0.335 e. The van der Waals surface area contributed by atoms with Gasteiger partial charge in [-0.05, 0) is 37.0 Å². The lowest BCUT2D eigenvalue weighted by atomic mass is 10.1. The summed E-state index contributed by atoms with van der Waals surface area (Å²) in [5.74, 6) is -0.161. The lowest BCUT2D eigenvalue weighted by Gasteiger charge is -2.28. The lowest BCUT2D eigenvalue weighted by molar-refractivity contribution is -0.152. The number of anilines is 1. The third kappa shape index (κ3) is 6.01. The summed E-state index contributed by atoms with van der Waals surface area (Å²) in [5.41, 5.74) is 1.73. The van der Waals surface area contributed by atoms with E-state index >= 15 is 0 Å². The standard InChI is InChI=1S/C22H27N3O4/c26-19(5-2-1-3-14-24-15-4-6-20(24)27)23-18-10-7-17(8-11-18)9-12-21(28)25-16-13-22(25)29/h4,6-8,10-11H,1-3,5,9,12-16H2,(H,23,26). The minimum atomic E-state index is -0.121. The molecule has 0 atom stereocenters. The van der Waals surface area contributed by atoms with Crippen molar-refractivity contribution in [2.45, 2.75) is 44.9 Å². The first kappa shape index (κ1) is 20.8. The van der Waals surface area contributed by atoms with Gasteiger partial charge in [-0.3, -0.25) is 24.1 Å². The highest BCUT2D eigenvalue weighted by Crippen LogP contribution is 2.15. The van der Waals surface area contributed by atoms with E-state index in [0.29, 0.717) is 38.8 Å². The van der Waals surface area contributed by atoms with Crippen molar-refractivity contribution in [2.75, 3.05) is 25.0 Å². The van der Waals surface area contributed by atoms with Crippen molar-refractivity contribution in [3.05, 3.63) is 42.0 Å². The number of hydrogen-bond donors (Lipinski definition) is 1. The van der Waals surface area contributed by atoms with Gasteiger partial charge < -0.3 is 10.2 Å². The summed E-state index contributed by atoms with van der Waals surface area (Å²) in [7, 11) is 0. The molecular weight excluding hydrogens is 370 g/mol. The minimum absolute atomic E-state index is 0.0249. The summed E-state index contributed by atoms with van der Waals surface area (Å²) in [6.45, 7) is 1.97. The fourth-order valence-corrected chi connectivity index (χ4v) is 3.39. The van der Waals surface area contributed by atoms with Crippen LogP contribution in [0.3, 0.4) is 0 Å². The molecule has 1 aromatic carbocycles. The molecule has 4 amide bonds. The summed E-state index contributed by atoms with van der Waals surface area (Å²) >= 11 is 0. The molecule has 1 fully saturated rings. The van der Waals surface area contributed by atoms with Crippen LogP contribution in [0.4, 0.5) is 5.69 Å². The number of β-lactam (4-membered cyclic amide) rings is 1. The average Bonchev–Trinajstić information content (AvgIpc) is 3.10. The number of carbonyl (C=O) groups is 4.